The first-order valence-electron chi connectivity index (χ1n) is 11.1. The maximum atomic E-state index is 13.1. The summed E-state index contributed by atoms with van der Waals surface area (Å²) >= 11 is 1.57. The number of nitrogens with one attached hydrogen (secondary N) is 2. The van der Waals surface area contributed by atoms with Crippen molar-refractivity contribution in [1.29, 1.82) is 0 Å². The highest BCUT2D eigenvalue weighted by Gasteiger charge is 2.33. The highest BCUT2D eigenvalue weighted by Crippen LogP contribution is 2.24. The molecule has 0 bridgehead atoms. The molecule has 10 heteroatoms. The van der Waals surface area contributed by atoms with E-state index in [2.05, 4.69) is 10.6 Å². The number of hydrogen-bond donors (Lipinski definition) is 2. The molecular formula is C24H30FN3O4S2. The molecule has 1 aliphatic heterocycles. The summed E-state index contributed by atoms with van der Waals surface area (Å²) in [6.45, 7) is 2.38. The number of rotatable bonds is 9. The predicted octanol–water partition coefficient (Wildman–Crippen LogP) is 3.41. The zero-order chi connectivity index (χ0) is 24.7. The zero-order valence-electron chi connectivity index (χ0n) is 19.3. The van der Waals surface area contributed by atoms with Crippen molar-refractivity contribution < 1.29 is 22.4 Å². The van der Waals surface area contributed by atoms with E-state index in [0.717, 1.165) is 5.56 Å². The second-order valence-corrected chi connectivity index (χ2v) is 11.3. The van der Waals surface area contributed by atoms with Crippen molar-refractivity contribution in [1.82, 2.24) is 9.62 Å². The Kier molecular flexibility index (Phi) is 9.10. The minimum atomic E-state index is -3.61. The lowest BCUT2D eigenvalue weighted by Gasteiger charge is -2.31. The number of carbonyl (C=O) groups excluding carboxylic acids is 2. The van der Waals surface area contributed by atoms with Gasteiger partial charge in [0, 0.05) is 24.7 Å². The molecule has 0 unspecified atom stereocenters. The Labute approximate surface area is 204 Å². The van der Waals surface area contributed by atoms with Gasteiger partial charge in [-0.25, -0.2) is 12.8 Å². The molecule has 7 nitrogen and oxygen atoms in total. The number of thioether (sulfide) groups is 1. The fraction of sp³-hybridized carbons (Fsp3) is 0.417. The normalized spacial score (nSPS) is 16.1. The van der Waals surface area contributed by atoms with E-state index in [1.54, 1.807) is 36.0 Å². The van der Waals surface area contributed by atoms with E-state index in [9.17, 15) is 22.4 Å². The summed E-state index contributed by atoms with van der Waals surface area (Å²) in [6.07, 6.45) is 3.12. The van der Waals surface area contributed by atoms with Crippen molar-refractivity contribution in [3.8, 4) is 0 Å². The van der Waals surface area contributed by atoms with Gasteiger partial charge >= 0.3 is 0 Å². The van der Waals surface area contributed by atoms with Crippen molar-refractivity contribution in [3.63, 3.8) is 0 Å². The number of amides is 2. The maximum Gasteiger partial charge on any atom is 0.246 e. The van der Waals surface area contributed by atoms with E-state index in [0.29, 0.717) is 30.7 Å². The molecular weight excluding hydrogens is 477 g/mol. The van der Waals surface area contributed by atoms with Gasteiger partial charge in [-0.05, 0) is 74.6 Å². The first kappa shape index (κ1) is 26.2. The average Bonchev–Trinajstić information content (AvgIpc) is 2.83. The Morgan fingerprint density at radius 2 is 1.71 bits per heavy atom. The van der Waals surface area contributed by atoms with Crippen LogP contribution in [-0.4, -0.2) is 55.7 Å². The van der Waals surface area contributed by atoms with Crippen LogP contribution in [-0.2, 0) is 19.6 Å². The summed E-state index contributed by atoms with van der Waals surface area (Å²) in [4.78, 5) is 25.9. The lowest BCUT2D eigenvalue weighted by atomic mass is 9.96. The van der Waals surface area contributed by atoms with Crippen LogP contribution >= 0.6 is 11.8 Å². The van der Waals surface area contributed by atoms with Crippen molar-refractivity contribution in [2.45, 2.75) is 37.1 Å². The number of sulfonamides is 1. The van der Waals surface area contributed by atoms with Gasteiger partial charge in [0.2, 0.25) is 21.8 Å². The molecule has 1 atom stereocenters. The average molecular weight is 508 g/mol. The third-order valence-electron chi connectivity index (χ3n) is 5.84. The molecule has 0 saturated carbocycles. The number of aryl methyl sites for hydroxylation is 1. The highest BCUT2D eigenvalue weighted by atomic mass is 32.2. The molecule has 34 heavy (non-hydrogen) atoms. The van der Waals surface area contributed by atoms with Crippen molar-refractivity contribution >= 4 is 39.3 Å². The van der Waals surface area contributed by atoms with Crippen molar-refractivity contribution in [3.05, 3.63) is 59.9 Å². The molecule has 2 aromatic carbocycles. The van der Waals surface area contributed by atoms with E-state index in [-0.39, 0.29) is 35.7 Å². The van der Waals surface area contributed by atoms with Crippen molar-refractivity contribution in [2.75, 3.05) is 30.4 Å². The van der Waals surface area contributed by atoms with E-state index < -0.39 is 21.9 Å². The van der Waals surface area contributed by atoms with Gasteiger partial charge < -0.3 is 10.6 Å². The van der Waals surface area contributed by atoms with Crippen LogP contribution in [0.4, 0.5) is 10.1 Å². The van der Waals surface area contributed by atoms with Crippen molar-refractivity contribution in [2.24, 2.45) is 5.92 Å². The highest BCUT2D eigenvalue weighted by molar-refractivity contribution is 7.98. The number of carbonyl (C=O) groups is 2. The van der Waals surface area contributed by atoms with Crippen LogP contribution in [0.15, 0.2) is 53.4 Å². The zero-order valence-corrected chi connectivity index (χ0v) is 20.9. The molecule has 184 valence electrons. The maximum absolute atomic E-state index is 13.1. The van der Waals surface area contributed by atoms with Gasteiger partial charge in [0.25, 0.3) is 0 Å². The second kappa shape index (κ2) is 11.8. The number of nitrogens with zero attached hydrogens (tertiary/aromatic N) is 1. The predicted molar refractivity (Wildman–Crippen MR) is 133 cm³/mol. The first-order chi connectivity index (χ1) is 16.2. The number of anilines is 1. The fourth-order valence-corrected chi connectivity index (χ4v) is 5.72. The molecule has 3 rings (SSSR count). The summed E-state index contributed by atoms with van der Waals surface area (Å²) in [5.41, 5.74) is 1.43. The van der Waals surface area contributed by atoms with Gasteiger partial charge in [0.05, 0.1) is 4.90 Å². The lowest BCUT2D eigenvalue weighted by Crippen LogP contribution is -2.49. The number of benzene rings is 2. The largest absolute Gasteiger partial charge is 0.344 e. The molecule has 1 aliphatic rings. The Bertz CT molecular complexity index is 1080. The molecule has 0 aromatic heterocycles. The van der Waals surface area contributed by atoms with Gasteiger partial charge in [-0.2, -0.15) is 16.1 Å². The molecule has 1 saturated heterocycles. The minimum Gasteiger partial charge on any atom is -0.344 e. The van der Waals surface area contributed by atoms with Crippen LogP contribution < -0.4 is 10.6 Å². The molecule has 1 fully saturated rings. The quantitative estimate of drug-likeness (QED) is 0.542. The summed E-state index contributed by atoms with van der Waals surface area (Å²) in [7, 11) is -3.61. The monoisotopic (exact) mass is 507 g/mol. The van der Waals surface area contributed by atoms with E-state index in [1.165, 1.54) is 28.6 Å². The summed E-state index contributed by atoms with van der Waals surface area (Å²) < 4.78 is 40.3. The Hall–Kier alpha value is -2.43. The van der Waals surface area contributed by atoms with Gasteiger partial charge in [-0.15, -0.1) is 0 Å². The standard InChI is InChI=1S/C24H30FN3O4S2/c1-17-3-9-21(10-4-17)34(31,32)28-14-11-18(12-15-28)23(29)27-22(13-16-33-2)24(30)26-20-7-5-19(25)6-8-20/h3-10,18,22H,11-16H2,1-2H3,(H,26,30)(H,27,29)/t22-/m1/s1. The topological polar surface area (TPSA) is 95.6 Å². The van der Waals surface area contributed by atoms with E-state index in [4.69, 9.17) is 0 Å². The molecule has 0 aliphatic carbocycles. The fourth-order valence-electron chi connectivity index (χ4n) is 3.77. The second-order valence-electron chi connectivity index (χ2n) is 8.33. The van der Waals surface area contributed by atoms with E-state index >= 15 is 0 Å². The van der Waals surface area contributed by atoms with Crippen LogP contribution in [0.25, 0.3) is 0 Å². The summed E-state index contributed by atoms with van der Waals surface area (Å²) in [6, 6.07) is 11.4. The Morgan fingerprint density at radius 3 is 2.29 bits per heavy atom. The third-order valence-corrected chi connectivity index (χ3v) is 8.40. The molecule has 2 N–H and O–H groups in total. The summed E-state index contributed by atoms with van der Waals surface area (Å²) in [5.74, 6) is -0.725. The van der Waals surface area contributed by atoms with Crippen LogP contribution in [0.3, 0.4) is 0 Å². The van der Waals surface area contributed by atoms with Gasteiger partial charge in [0.15, 0.2) is 0 Å². The first-order valence-corrected chi connectivity index (χ1v) is 14.0. The van der Waals surface area contributed by atoms with Gasteiger partial charge in [-0.1, -0.05) is 17.7 Å². The number of piperidine rings is 1. The Balaban J connectivity index is 1.59. The number of hydrogen-bond acceptors (Lipinski definition) is 5. The molecule has 2 aromatic rings. The molecule has 2 amide bonds. The van der Waals surface area contributed by atoms with Crippen LogP contribution in [0, 0.1) is 18.7 Å². The van der Waals surface area contributed by atoms with Gasteiger partial charge in [0.1, 0.15) is 11.9 Å². The smallest absolute Gasteiger partial charge is 0.246 e. The van der Waals surface area contributed by atoms with Crippen LogP contribution in [0.1, 0.15) is 24.8 Å². The molecule has 1 heterocycles. The lowest BCUT2D eigenvalue weighted by molar-refractivity contribution is -0.130. The van der Waals surface area contributed by atoms with Crippen LogP contribution in [0.2, 0.25) is 0 Å². The van der Waals surface area contributed by atoms with Gasteiger partial charge in [-0.3, -0.25) is 9.59 Å². The third kappa shape index (κ3) is 6.80. The molecule has 0 radical (unpaired) electrons. The Morgan fingerprint density at radius 1 is 1.09 bits per heavy atom. The number of halogens is 1. The van der Waals surface area contributed by atoms with E-state index in [1.807, 2.05) is 13.2 Å². The SMILES string of the molecule is CSCC[C@@H](NC(=O)C1CCN(S(=O)(=O)c2ccc(C)cc2)CC1)C(=O)Nc1ccc(F)cc1. The van der Waals surface area contributed by atoms with Crippen LogP contribution in [0.5, 0.6) is 0 Å². The minimum absolute atomic E-state index is 0.242. The molecule has 0 spiro atoms. The summed E-state index contributed by atoms with van der Waals surface area (Å²) in [5, 5.41) is 5.56.